The van der Waals surface area contributed by atoms with Crippen LogP contribution in [0.2, 0.25) is 0 Å². The number of aryl methyl sites for hydroxylation is 3. The van der Waals surface area contributed by atoms with Crippen LogP contribution in [-0.2, 0) is 6.54 Å². The van der Waals surface area contributed by atoms with E-state index in [4.69, 9.17) is 0 Å². The fraction of sp³-hybridized carbons (Fsp3) is 0.294. The zero-order valence-corrected chi connectivity index (χ0v) is 13.6. The Balaban J connectivity index is 2.19. The molecule has 1 nitrogen and oxygen atoms in total. The van der Waals surface area contributed by atoms with Crippen molar-refractivity contribution in [3.05, 3.63) is 62.6 Å². The van der Waals surface area contributed by atoms with Gasteiger partial charge in [-0.05, 0) is 67.6 Å². The smallest absolute Gasteiger partial charge is 0.0403 e. The molecule has 0 aliphatic rings. The number of benzene rings is 2. The van der Waals surface area contributed by atoms with Gasteiger partial charge in [0.1, 0.15) is 0 Å². The van der Waals surface area contributed by atoms with E-state index in [1.165, 1.54) is 33.5 Å². The quantitative estimate of drug-likeness (QED) is 0.810. The minimum Gasteiger partial charge on any atom is -0.381 e. The lowest BCUT2D eigenvalue weighted by Crippen LogP contribution is -2.04. The highest BCUT2D eigenvalue weighted by Crippen LogP contribution is 2.24. The minimum absolute atomic E-state index is 0.865. The highest BCUT2D eigenvalue weighted by Gasteiger charge is 2.04. The SMILES string of the molecule is Cc1cc(C)c(CNc2cccc(Br)c2C)cc1C. The van der Waals surface area contributed by atoms with Crippen molar-refractivity contribution >= 4 is 21.6 Å². The van der Waals surface area contributed by atoms with Gasteiger partial charge >= 0.3 is 0 Å². The van der Waals surface area contributed by atoms with E-state index in [1.807, 2.05) is 0 Å². The second kappa shape index (κ2) is 5.79. The second-order valence-electron chi connectivity index (χ2n) is 5.13. The Kier molecular flexibility index (Phi) is 4.31. The highest BCUT2D eigenvalue weighted by atomic mass is 79.9. The van der Waals surface area contributed by atoms with Crippen LogP contribution in [0.15, 0.2) is 34.8 Å². The number of hydrogen-bond donors (Lipinski definition) is 1. The van der Waals surface area contributed by atoms with Gasteiger partial charge in [-0.1, -0.05) is 34.1 Å². The number of halogens is 1. The van der Waals surface area contributed by atoms with Crippen molar-refractivity contribution in [3.63, 3.8) is 0 Å². The van der Waals surface area contributed by atoms with Gasteiger partial charge in [0.15, 0.2) is 0 Å². The largest absolute Gasteiger partial charge is 0.381 e. The highest BCUT2D eigenvalue weighted by molar-refractivity contribution is 9.10. The third-order valence-corrected chi connectivity index (χ3v) is 4.55. The van der Waals surface area contributed by atoms with Crippen LogP contribution in [0.1, 0.15) is 27.8 Å². The summed E-state index contributed by atoms with van der Waals surface area (Å²) < 4.78 is 1.15. The van der Waals surface area contributed by atoms with E-state index in [-0.39, 0.29) is 0 Å². The minimum atomic E-state index is 0.865. The van der Waals surface area contributed by atoms with Gasteiger partial charge in [0, 0.05) is 16.7 Å². The Morgan fingerprint density at radius 2 is 1.63 bits per heavy atom. The van der Waals surface area contributed by atoms with Gasteiger partial charge in [-0.25, -0.2) is 0 Å². The first-order valence-electron chi connectivity index (χ1n) is 6.54. The molecule has 0 radical (unpaired) electrons. The number of nitrogens with one attached hydrogen (secondary N) is 1. The van der Waals surface area contributed by atoms with Crippen molar-refractivity contribution in [2.45, 2.75) is 34.2 Å². The maximum atomic E-state index is 3.57. The van der Waals surface area contributed by atoms with E-state index >= 15 is 0 Å². The molecule has 19 heavy (non-hydrogen) atoms. The molecule has 1 N–H and O–H groups in total. The summed E-state index contributed by atoms with van der Waals surface area (Å²) >= 11 is 3.57. The van der Waals surface area contributed by atoms with Crippen LogP contribution in [0, 0.1) is 27.7 Å². The lowest BCUT2D eigenvalue weighted by atomic mass is 10.0. The van der Waals surface area contributed by atoms with Crippen molar-refractivity contribution in [2.75, 3.05) is 5.32 Å². The number of hydrogen-bond acceptors (Lipinski definition) is 1. The van der Waals surface area contributed by atoms with E-state index in [0.717, 1.165) is 11.0 Å². The third kappa shape index (κ3) is 3.19. The topological polar surface area (TPSA) is 12.0 Å². The Bertz CT molecular complexity index is 602. The molecule has 0 spiro atoms. The molecule has 100 valence electrons. The van der Waals surface area contributed by atoms with Crippen LogP contribution in [0.5, 0.6) is 0 Å². The standard InChI is InChI=1S/C17H20BrN/c1-11-8-13(3)15(9-12(11)2)10-19-17-7-5-6-16(18)14(17)4/h5-9,19H,10H2,1-4H3. The molecule has 0 saturated heterocycles. The second-order valence-corrected chi connectivity index (χ2v) is 5.98. The summed E-state index contributed by atoms with van der Waals surface area (Å²) in [5, 5.41) is 3.53. The van der Waals surface area contributed by atoms with E-state index in [0.29, 0.717) is 0 Å². The Morgan fingerprint density at radius 1 is 0.947 bits per heavy atom. The van der Waals surface area contributed by atoms with E-state index in [1.54, 1.807) is 0 Å². The normalized spacial score (nSPS) is 10.6. The molecule has 0 fully saturated rings. The van der Waals surface area contributed by atoms with Crippen LogP contribution >= 0.6 is 15.9 Å². The molecule has 0 amide bonds. The van der Waals surface area contributed by atoms with E-state index in [2.05, 4.69) is 79.3 Å². The maximum absolute atomic E-state index is 3.57. The van der Waals surface area contributed by atoms with Gasteiger partial charge in [0.25, 0.3) is 0 Å². The van der Waals surface area contributed by atoms with Crippen molar-refractivity contribution in [3.8, 4) is 0 Å². The number of rotatable bonds is 3. The number of anilines is 1. The lowest BCUT2D eigenvalue weighted by molar-refractivity contribution is 1.09. The first-order chi connectivity index (χ1) is 8.99. The summed E-state index contributed by atoms with van der Waals surface area (Å²) in [4.78, 5) is 0. The molecule has 0 heterocycles. The van der Waals surface area contributed by atoms with Crippen molar-refractivity contribution in [1.82, 2.24) is 0 Å². The fourth-order valence-electron chi connectivity index (χ4n) is 2.20. The molecule has 2 aromatic carbocycles. The van der Waals surface area contributed by atoms with Crippen molar-refractivity contribution in [1.29, 1.82) is 0 Å². The van der Waals surface area contributed by atoms with Gasteiger partial charge in [0.05, 0.1) is 0 Å². The molecule has 0 aliphatic heterocycles. The van der Waals surface area contributed by atoms with Crippen LogP contribution in [0.25, 0.3) is 0 Å². The molecule has 0 aromatic heterocycles. The molecule has 0 unspecified atom stereocenters. The molecule has 0 bridgehead atoms. The van der Waals surface area contributed by atoms with Crippen molar-refractivity contribution < 1.29 is 0 Å². The first-order valence-corrected chi connectivity index (χ1v) is 7.34. The van der Waals surface area contributed by atoms with Crippen molar-refractivity contribution in [2.24, 2.45) is 0 Å². The van der Waals surface area contributed by atoms with Gasteiger partial charge in [-0.2, -0.15) is 0 Å². The van der Waals surface area contributed by atoms with Gasteiger partial charge in [-0.15, -0.1) is 0 Å². The Hall–Kier alpha value is -1.28. The van der Waals surface area contributed by atoms with Gasteiger partial charge in [-0.3, -0.25) is 0 Å². The molecular weight excluding hydrogens is 298 g/mol. The molecule has 0 saturated carbocycles. The summed E-state index contributed by atoms with van der Waals surface area (Å²) in [6.07, 6.45) is 0. The van der Waals surface area contributed by atoms with Crippen LogP contribution in [0.4, 0.5) is 5.69 Å². The van der Waals surface area contributed by atoms with Gasteiger partial charge in [0.2, 0.25) is 0 Å². The lowest BCUT2D eigenvalue weighted by Gasteiger charge is -2.14. The predicted octanol–water partition coefficient (Wildman–Crippen LogP) is 5.29. The fourth-order valence-corrected chi connectivity index (χ4v) is 2.57. The third-order valence-electron chi connectivity index (χ3n) is 3.69. The predicted molar refractivity (Wildman–Crippen MR) is 86.9 cm³/mol. The molecular formula is C17H20BrN. The molecule has 2 heteroatoms. The molecule has 2 rings (SSSR count). The summed E-state index contributed by atoms with van der Waals surface area (Å²) in [6, 6.07) is 10.8. The van der Waals surface area contributed by atoms with Crippen LogP contribution in [-0.4, -0.2) is 0 Å². The molecule has 2 aromatic rings. The molecule has 0 aliphatic carbocycles. The summed E-state index contributed by atoms with van der Waals surface area (Å²) in [7, 11) is 0. The zero-order chi connectivity index (χ0) is 14.0. The summed E-state index contributed by atoms with van der Waals surface area (Å²) in [6.45, 7) is 9.50. The Labute approximate surface area is 124 Å². The van der Waals surface area contributed by atoms with Gasteiger partial charge < -0.3 is 5.32 Å². The average Bonchev–Trinajstić information content (AvgIpc) is 2.37. The summed E-state index contributed by atoms with van der Waals surface area (Å²) in [5.41, 5.74) is 7.87. The van der Waals surface area contributed by atoms with E-state index in [9.17, 15) is 0 Å². The van der Waals surface area contributed by atoms with Crippen LogP contribution in [0.3, 0.4) is 0 Å². The zero-order valence-electron chi connectivity index (χ0n) is 12.0. The maximum Gasteiger partial charge on any atom is 0.0403 e. The average molecular weight is 318 g/mol. The summed E-state index contributed by atoms with van der Waals surface area (Å²) in [5.74, 6) is 0. The Morgan fingerprint density at radius 3 is 2.37 bits per heavy atom. The van der Waals surface area contributed by atoms with E-state index < -0.39 is 0 Å². The monoisotopic (exact) mass is 317 g/mol. The molecule has 0 atom stereocenters. The first kappa shape index (κ1) is 14.1. The van der Waals surface area contributed by atoms with Crippen LogP contribution < -0.4 is 5.32 Å².